The Hall–Kier alpha value is -4.24. The summed E-state index contributed by atoms with van der Waals surface area (Å²) >= 11 is 6.36. The van der Waals surface area contributed by atoms with E-state index in [2.05, 4.69) is 26.8 Å². The monoisotopic (exact) mass is 533 g/mol. The van der Waals surface area contributed by atoms with E-state index in [-0.39, 0.29) is 11.5 Å². The minimum absolute atomic E-state index is 0.142. The molecule has 0 unspecified atom stereocenters. The highest BCUT2D eigenvalue weighted by molar-refractivity contribution is 6.32. The highest BCUT2D eigenvalue weighted by Crippen LogP contribution is 2.43. The zero-order valence-electron chi connectivity index (χ0n) is 21.1. The summed E-state index contributed by atoms with van der Waals surface area (Å²) in [4.78, 5) is 37.4. The second kappa shape index (κ2) is 10.3. The van der Waals surface area contributed by atoms with Gasteiger partial charge in [0.1, 0.15) is 12.4 Å². The van der Waals surface area contributed by atoms with Crippen molar-refractivity contribution in [3.63, 3.8) is 0 Å². The third-order valence-electron chi connectivity index (χ3n) is 7.20. The molecule has 0 aliphatic heterocycles. The molecule has 10 heteroatoms. The van der Waals surface area contributed by atoms with Gasteiger partial charge in [0.15, 0.2) is 5.75 Å². The minimum atomic E-state index is -0.411. The van der Waals surface area contributed by atoms with Gasteiger partial charge < -0.3 is 29.7 Å². The van der Waals surface area contributed by atoms with Crippen LogP contribution in [0.2, 0.25) is 5.02 Å². The molecule has 0 saturated heterocycles. The van der Waals surface area contributed by atoms with Gasteiger partial charge in [-0.25, -0.2) is 0 Å². The highest BCUT2D eigenvalue weighted by Gasteiger charge is 2.43. The number of halogens is 1. The maximum atomic E-state index is 12.9. The van der Waals surface area contributed by atoms with Gasteiger partial charge in [0.05, 0.1) is 51.8 Å². The number of amides is 1. The molecular formula is C28H28ClN5O4. The van der Waals surface area contributed by atoms with Crippen LogP contribution in [0.25, 0.3) is 22.2 Å². The SMILES string of the molecule is C=CC(=O)N(C)C1(COc2cnccc2-c2[nH]c3cc[nH]c(=O)c3c2Nc2cccc(Cl)c2OC)CCC1. The lowest BCUT2D eigenvalue weighted by Gasteiger charge is -2.47. The number of para-hydroxylation sites is 1. The number of nitrogens with one attached hydrogen (secondary N) is 3. The summed E-state index contributed by atoms with van der Waals surface area (Å²) in [7, 11) is 3.32. The molecule has 196 valence electrons. The molecule has 1 aliphatic carbocycles. The molecule has 0 bridgehead atoms. The number of carbonyl (C=O) groups is 1. The Kier molecular flexibility index (Phi) is 6.86. The van der Waals surface area contributed by atoms with Crippen LogP contribution in [0.1, 0.15) is 19.3 Å². The smallest absolute Gasteiger partial charge is 0.259 e. The third kappa shape index (κ3) is 4.39. The Morgan fingerprint density at radius 1 is 1.32 bits per heavy atom. The Morgan fingerprint density at radius 2 is 2.13 bits per heavy atom. The number of aromatic nitrogens is 3. The summed E-state index contributed by atoms with van der Waals surface area (Å²) in [6.45, 7) is 3.92. The summed E-state index contributed by atoms with van der Waals surface area (Å²) in [6, 6.07) is 8.96. The van der Waals surface area contributed by atoms with Crippen molar-refractivity contribution in [1.29, 1.82) is 0 Å². The van der Waals surface area contributed by atoms with Gasteiger partial charge >= 0.3 is 0 Å². The number of pyridine rings is 2. The summed E-state index contributed by atoms with van der Waals surface area (Å²) in [5, 5.41) is 4.24. The molecule has 0 radical (unpaired) electrons. The van der Waals surface area contributed by atoms with Crippen LogP contribution in [0.15, 0.2) is 66.4 Å². The topological polar surface area (TPSA) is 112 Å². The van der Waals surface area contributed by atoms with Crippen LogP contribution in [0, 0.1) is 0 Å². The fraction of sp³-hybridized carbons (Fsp3) is 0.250. The lowest BCUT2D eigenvalue weighted by Crippen LogP contribution is -2.57. The van der Waals surface area contributed by atoms with Gasteiger partial charge in [-0.15, -0.1) is 0 Å². The number of H-pyrrole nitrogens is 2. The number of rotatable bonds is 9. The number of aromatic amines is 2. The quantitative estimate of drug-likeness (QED) is 0.253. The molecule has 4 aromatic rings. The molecule has 0 atom stereocenters. The van der Waals surface area contributed by atoms with Gasteiger partial charge in [0.25, 0.3) is 5.56 Å². The molecule has 38 heavy (non-hydrogen) atoms. The van der Waals surface area contributed by atoms with Crippen molar-refractivity contribution in [1.82, 2.24) is 19.9 Å². The first-order chi connectivity index (χ1) is 18.4. The molecule has 1 aromatic carbocycles. The van der Waals surface area contributed by atoms with E-state index < -0.39 is 5.54 Å². The minimum Gasteiger partial charge on any atom is -0.493 e. The van der Waals surface area contributed by atoms with Crippen LogP contribution < -0.4 is 20.3 Å². The van der Waals surface area contributed by atoms with E-state index in [0.29, 0.717) is 56.7 Å². The summed E-state index contributed by atoms with van der Waals surface area (Å²) in [5.41, 5.74) is 2.44. The van der Waals surface area contributed by atoms with Gasteiger partial charge in [0, 0.05) is 25.0 Å². The average molecular weight is 534 g/mol. The number of hydrogen-bond donors (Lipinski definition) is 3. The number of hydrogen-bond acceptors (Lipinski definition) is 6. The number of methoxy groups -OCH3 is 1. The Labute approximate surface area is 224 Å². The molecule has 1 saturated carbocycles. The van der Waals surface area contributed by atoms with Crippen molar-refractivity contribution < 1.29 is 14.3 Å². The molecule has 9 nitrogen and oxygen atoms in total. The zero-order valence-corrected chi connectivity index (χ0v) is 21.9. The van der Waals surface area contributed by atoms with E-state index in [1.807, 2.05) is 12.1 Å². The predicted molar refractivity (Wildman–Crippen MR) is 148 cm³/mol. The van der Waals surface area contributed by atoms with Crippen molar-refractivity contribution in [2.24, 2.45) is 0 Å². The van der Waals surface area contributed by atoms with Crippen molar-refractivity contribution in [2.45, 2.75) is 24.8 Å². The molecule has 3 aromatic heterocycles. The number of likely N-dealkylation sites (N-methyl/N-ethyl adjacent to an activating group) is 1. The van der Waals surface area contributed by atoms with Crippen LogP contribution in [0.5, 0.6) is 11.5 Å². The highest BCUT2D eigenvalue weighted by atomic mass is 35.5. The second-order valence-corrected chi connectivity index (χ2v) is 9.66. The number of nitrogens with zero attached hydrogens (tertiary/aromatic N) is 2. The van der Waals surface area contributed by atoms with Crippen LogP contribution in [-0.4, -0.2) is 52.1 Å². The first kappa shape index (κ1) is 25.4. The number of benzene rings is 1. The molecule has 1 amide bonds. The van der Waals surface area contributed by atoms with Crippen LogP contribution in [-0.2, 0) is 4.79 Å². The van der Waals surface area contributed by atoms with Gasteiger partial charge in [-0.3, -0.25) is 14.6 Å². The van der Waals surface area contributed by atoms with E-state index in [1.165, 1.54) is 13.2 Å². The van der Waals surface area contributed by atoms with Crippen LogP contribution >= 0.6 is 11.6 Å². The van der Waals surface area contributed by atoms with Gasteiger partial charge in [-0.05, 0) is 49.6 Å². The van der Waals surface area contributed by atoms with Crippen LogP contribution in [0.3, 0.4) is 0 Å². The maximum Gasteiger partial charge on any atom is 0.259 e. The fourth-order valence-corrected chi connectivity index (χ4v) is 5.13. The molecule has 0 spiro atoms. The molecule has 1 aliphatic rings. The summed E-state index contributed by atoms with van der Waals surface area (Å²) in [5.74, 6) is 0.828. The largest absolute Gasteiger partial charge is 0.493 e. The van der Waals surface area contributed by atoms with Crippen molar-refractivity contribution in [3.05, 3.63) is 77.0 Å². The van der Waals surface area contributed by atoms with E-state index in [1.54, 1.807) is 48.7 Å². The summed E-state index contributed by atoms with van der Waals surface area (Å²) in [6.07, 6.45) is 8.89. The fourth-order valence-electron chi connectivity index (χ4n) is 4.88. The standard InChI is InChI=1S/C28H28ClN5O4/c1-4-22(35)34(2)28(11-6-12-28)16-38-21-15-30-13-9-17(21)24-25(23-19(32-24)10-14-31-27(23)36)33-20-8-5-7-18(29)26(20)37-3/h4-5,7-10,13-15,32-33H,1,6,11-12,16H2,2-3H3,(H,31,36). The van der Waals surface area contributed by atoms with Crippen molar-refractivity contribution in [2.75, 3.05) is 26.1 Å². The first-order valence-electron chi connectivity index (χ1n) is 12.2. The number of anilines is 2. The Bertz CT molecular complexity index is 1570. The van der Waals surface area contributed by atoms with Crippen molar-refractivity contribution >= 4 is 39.8 Å². The Morgan fingerprint density at radius 3 is 2.84 bits per heavy atom. The summed E-state index contributed by atoms with van der Waals surface area (Å²) < 4.78 is 11.9. The second-order valence-electron chi connectivity index (χ2n) is 9.26. The number of fused-ring (bicyclic) bond motifs is 1. The predicted octanol–water partition coefficient (Wildman–Crippen LogP) is 5.27. The molecule has 3 heterocycles. The van der Waals surface area contributed by atoms with Gasteiger partial charge in [0.2, 0.25) is 5.91 Å². The zero-order chi connectivity index (χ0) is 26.9. The molecule has 3 N–H and O–H groups in total. The third-order valence-corrected chi connectivity index (χ3v) is 7.50. The normalized spacial score (nSPS) is 14.0. The number of carbonyl (C=O) groups excluding carboxylic acids is 1. The van der Waals surface area contributed by atoms with E-state index in [0.717, 1.165) is 19.3 Å². The lowest BCUT2D eigenvalue weighted by molar-refractivity contribution is -0.135. The van der Waals surface area contributed by atoms with E-state index in [9.17, 15) is 9.59 Å². The van der Waals surface area contributed by atoms with Crippen molar-refractivity contribution in [3.8, 4) is 22.8 Å². The first-order valence-corrected chi connectivity index (χ1v) is 12.6. The average Bonchev–Trinajstić information content (AvgIpc) is 3.27. The molecule has 1 fully saturated rings. The maximum absolute atomic E-state index is 12.9. The molecular weight excluding hydrogens is 506 g/mol. The van der Waals surface area contributed by atoms with Crippen LogP contribution in [0.4, 0.5) is 11.4 Å². The van der Waals surface area contributed by atoms with Gasteiger partial charge in [-0.2, -0.15) is 0 Å². The number of ether oxygens (including phenoxy) is 2. The van der Waals surface area contributed by atoms with E-state index >= 15 is 0 Å². The van der Waals surface area contributed by atoms with E-state index in [4.69, 9.17) is 21.1 Å². The van der Waals surface area contributed by atoms with Gasteiger partial charge in [-0.1, -0.05) is 24.2 Å². The lowest BCUT2D eigenvalue weighted by atomic mass is 9.76. The molecule has 5 rings (SSSR count). The Balaban J connectivity index is 1.58.